The summed E-state index contributed by atoms with van der Waals surface area (Å²) in [6.45, 7) is 13.1. The lowest BCUT2D eigenvalue weighted by Crippen LogP contribution is -2.32. The second-order valence-electron chi connectivity index (χ2n) is 10.5. The first-order chi connectivity index (χ1) is 19.1. The van der Waals surface area contributed by atoms with Crippen LogP contribution in [-0.2, 0) is 27.2 Å². The van der Waals surface area contributed by atoms with Gasteiger partial charge in [-0.2, -0.15) is 0 Å². The number of amides is 2. The molecule has 2 N–H and O–H groups in total. The molecule has 0 bridgehead atoms. The Morgan fingerprint density at radius 3 is 2.17 bits per heavy atom. The van der Waals surface area contributed by atoms with Gasteiger partial charge in [-0.15, -0.1) is 0 Å². The number of carbonyl (C=O) groups excluding carboxylic acids is 3. The van der Waals surface area contributed by atoms with Crippen molar-refractivity contribution in [2.24, 2.45) is 0 Å². The largest absolute Gasteiger partial charge is 0.507 e. The molecule has 1 saturated heterocycles. The molecule has 0 aromatic heterocycles. The zero-order valence-electron chi connectivity index (χ0n) is 24.3. The predicted octanol–water partition coefficient (Wildman–Crippen LogP) is 5.58. The summed E-state index contributed by atoms with van der Waals surface area (Å²) in [5, 5.41) is 13.7. The second-order valence-corrected chi connectivity index (χ2v) is 10.5. The highest BCUT2D eigenvalue weighted by Gasteiger charge is 2.32. The first-order valence-electron chi connectivity index (χ1n) is 14.2. The van der Waals surface area contributed by atoms with Crippen LogP contribution in [0.5, 0.6) is 11.5 Å². The number of nitrogens with zero attached hydrogens (tertiary/aromatic N) is 1. The van der Waals surface area contributed by atoms with Crippen LogP contribution in [0.15, 0.2) is 42.7 Å². The van der Waals surface area contributed by atoms with E-state index in [9.17, 15) is 19.5 Å². The van der Waals surface area contributed by atoms with Crippen molar-refractivity contribution in [2.45, 2.75) is 78.2 Å². The molecule has 1 atom stereocenters. The van der Waals surface area contributed by atoms with Crippen molar-refractivity contribution in [3.63, 3.8) is 0 Å². The van der Waals surface area contributed by atoms with Gasteiger partial charge >= 0.3 is 5.97 Å². The van der Waals surface area contributed by atoms with Gasteiger partial charge in [0.1, 0.15) is 11.5 Å². The van der Waals surface area contributed by atoms with Crippen molar-refractivity contribution in [3.8, 4) is 11.5 Å². The number of hydrogen-bond acceptors (Lipinski definition) is 6. The number of carbonyl (C=O) groups is 3. The maximum atomic E-state index is 13.6. The molecule has 0 radical (unpaired) electrons. The standard InChI is InChI=1S/C32H42N2O6/c1-7-11-24-19-26(30(36)33-6)27(35)25(12-8-2)28(24)40-29(23-15-13-22(14-16-23)20(3)4)32(38)39-21(5)31(37)34-17-9-10-18-34/h13-16,19-20,29,35H,5,7-12,17-18H2,1-4,6H3,(H,33,36). The number of phenolic OH excluding ortho intramolecular Hbond substituents is 1. The van der Waals surface area contributed by atoms with Gasteiger partial charge in [-0.25, -0.2) is 4.79 Å². The van der Waals surface area contributed by atoms with E-state index in [1.807, 2.05) is 38.1 Å². The monoisotopic (exact) mass is 550 g/mol. The molecule has 40 heavy (non-hydrogen) atoms. The number of phenols is 1. The van der Waals surface area contributed by atoms with Crippen molar-refractivity contribution >= 4 is 17.8 Å². The molecule has 0 saturated carbocycles. The number of esters is 1. The van der Waals surface area contributed by atoms with Crippen molar-refractivity contribution < 1.29 is 29.0 Å². The molecule has 8 nitrogen and oxygen atoms in total. The topological polar surface area (TPSA) is 105 Å². The SMILES string of the molecule is C=C(OC(=O)C(Oc1c(CCC)cc(C(=O)NC)c(O)c1CCC)c1ccc(C(C)C)cc1)C(=O)N1CCCC1. The summed E-state index contributed by atoms with van der Waals surface area (Å²) in [4.78, 5) is 40.6. The molecule has 0 spiro atoms. The Kier molecular flexibility index (Phi) is 10.8. The van der Waals surface area contributed by atoms with E-state index in [1.165, 1.54) is 7.05 Å². The number of aryl methyl sites for hydroxylation is 1. The highest BCUT2D eigenvalue weighted by molar-refractivity contribution is 5.98. The molecular formula is C32H42N2O6. The molecule has 2 amide bonds. The minimum Gasteiger partial charge on any atom is -0.507 e. The second kappa shape index (κ2) is 14.0. The van der Waals surface area contributed by atoms with Crippen LogP contribution in [-0.4, -0.2) is 47.9 Å². The molecule has 1 heterocycles. The van der Waals surface area contributed by atoms with Crippen LogP contribution in [0.2, 0.25) is 0 Å². The van der Waals surface area contributed by atoms with Crippen LogP contribution in [0, 0.1) is 0 Å². The molecule has 2 aromatic rings. The number of likely N-dealkylation sites (tertiary alicyclic amines) is 1. The number of nitrogens with one attached hydrogen (secondary N) is 1. The summed E-state index contributed by atoms with van der Waals surface area (Å²) in [7, 11) is 1.51. The number of ether oxygens (including phenoxy) is 2. The highest BCUT2D eigenvalue weighted by Crippen LogP contribution is 2.40. The van der Waals surface area contributed by atoms with Crippen LogP contribution < -0.4 is 10.1 Å². The van der Waals surface area contributed by atoms with Gasteiger partial charge in [-0.3, -0.25) is 9.59 Å². The summed E-state index contributed by atoms with van der Waals surface area (Å²) in [5.74, 6) is -1.39. The molecule has 8 heteroatoms. The Bertz CT molecular complexity index is 1230. The normalized spacial score (nSPS) is 13.7. The lowest BCUT2D eigenvalue weighted by atomic mass is 9.95. The third-order valence-electron chi connectivity index (χ3n) is 7.13. The Labute approximate surface area is 237 Å². The van der Waals surface area contributed by atoms with Crippen molar-refractivity contribution in [3.05, 3.63) is 70.5 Å². The van der Waals surface area contributed by atoms with Gasteiger partial charge in [0.2, 0.25) is 6.10 Å². The third kappa shape index (κ3) is 7.03. The summed E-state index contributed by atoms with van der Waals surface area (Å²) in [6.07, 6.45) is 2.97. The highest BCUT2D eigenvalue weighted by atomic mass is 16.6. The van der Waals surface area contributed by atoms with Crippen molar-refractivity contribution in [2.75, 3.05) is 20.1 Å². The first kappa shape index (κ1) is 30.7. The van der Waals surface area contributed by atoms with E-state index in [2.05, 4.69) is 25.7 Å². The minimum absolute atomic E-state index is 0.159. The molecular weight excluding hydrogens is 508 g/mol. The molecule has 2 aromatic carbocycles. The molecule has 1 aliphatic heterocycles. The fourth-order valence-corrected chi connectivity index (χ4v) is 4.90. The van der Waals surface area contributed by atoms with Crippen molar-refractivity contribution in [1.29, 1.82) is 0 Å². The average molecular weight is 551 g/mol. The van der Waals surface area contributed by atoms with Gasteiger partial charge in [0.25, 0.3) is 11.8 Å². The lowest BCUT2D eigenvalue weighted by molar-refractivity contribution is -0.152. The fraction of sp³-hybridized carbons (Fsp3) is 0.469. The molecule has 1 aliphatic rings. The van der Waals surface area contributed by atoms with E-state index in [4.69, 9.17) is 9.47 Å². The number of benzene rings is 2. The van der Waals surface area contributed by atoms with Gasteiger partial charge in [0.05, 0.1) is 5.56 Å². The quantitative estimate of drug-likeness (QED) is 0.203. The number of aromatic hydroxyl groups is 1. The minimum atomic E-state index is -1.24. The van der Waals surface area contributed by atoms with Crippen LogP contribution >= 0.6 is 0 Å². The fourth-order valence-electron chi connectivity index (χ4n) is 4.90. The van der Waals surface area contributed by atoms with Gasteiger partial charge < -0.3 is 24.8 Å². The first-order valence-corrected chi connectivity index (χ1v) is 14.2. The van der Waals surface area contributed by atoms with Crippen LogP contribution in [0.3, 0.4) is 0 Å². The van der Waals surface area contributed by atoms with E-state index < -0.39 is 23.9 Å². The molecule has 1 fully saturated rings. The van der Waals surface area contributed by atoms with E-state index in [1.54, 1.807) is 11.0 Å². The van der Waals surface area contributed by atoms with E-state index >= 15 is 0 Å². The van der Waals surface area contributed by atoms with Gasteiger partial charge in [-0.1, -0.05) is 71.4 Å². The average Bonchev–Trinajstić information content (AvgIpc) is 3.48. The summed E-state index contributed by atoms with van der Waals surface area (Å²) < 4.78 is 12.0. The predicted molar refractivity (Wildman–Crippen MR) is 154 cm³/mol. The van der Waals surface area contributed by atoms with Crippen LogP contribution in [0.25, 0.3) is 0 Å². The lowest BCUT2D eigenvalue weighted by Gasteiger charge is -2.25. The van der Waals surface area contributed by atoms with Crippen LogP contribution in [0.1, 0.15) is 98.0 Å². The van der Waals surface area contributed by atoms with Crippen molar-refractivity contribution in [1.82, 2.24) is 10.2 Å². The third-order valence-corrected chi connectivity index (χ3v) is 7.13. The van der Waals surface area contributed by atoms with Gasteiger partial charge in [0, 0.05) is 31.3 Å². The molecule has 216 valence electrons. The Balaban J connectivity index is 2.07. The Morgan fingerprint density at radius 2 is 1.62 bits per heavy atom. The maximum absolute atomic E-state index is 13.6. The molecule has 1 unspecified atom stereocenters. The Hall–Kier alpha value is -3.81. The smallest absolute Gasteiger partial charge is 0.357 e. The zero-order chi connectivity index (χ0) is 29.4. The van der Waals surface area contributed by atoms with Gasteiger partial charge in [-0.05, 0) is 48.8 Å². The summed E-state index contributed by atoms with van der Waals surface area (Å²) in [5.41, 5.74) is 2.94. The number of rotatable bonds is 12. The summed E-state index contributed by atoms with van der Waals surface area (Å²) in [6, 6.07) is 9.10. The van der Waals surface area contributed by atoms with E-state index in [0.717, 1.165) is 24.8 Å². The Morgan fingerprint density at radius 1 is 1.02 bits per heavy atom. The zero-order valence-corrected chi connectivity index (χ0v) is 24.3. The number of hydrogen-bond donors (Lipinski definition) is 2. The van der Waals surface area contributed by atoms with Gasteiger partial charge in [0.15, 0.2) is 5.76 Å². The van der Waals surface area contributed by atoms with E-state index in [0.29, 0.717) is 60.7 Å². The summed E-state index contributed by atoms with van der Waals surface area (Å²) >= 11 is 0. The molecule has 0 aliphatic carbocycles. The maximum Gasteiger partial charge on any atom is 0.357 e. The van der Waals surface area contributed by atoms with Crippen LogP contribution in [0.4, 0.5) is 0 Å². The van der Waals surface area contributed by atoms with E-state index in [-0.39, 0.29) is 17.1 Å². The molecule has 3 rings (SSSR count).